The fraction of sp³-hybridized carbons (Fsp3) is 0.464. The van der Waals surface area contributed by atoms with Crippen LogP contribution in [-0.2, 0) is 6.42 Å². The number of aliphatic hydroxyl groups excluding tert-OH is 2. The summed E-state index contributed by atoms with van der Waals surface area (Å²) in [7, 11) is 1.61. The lowest BCUT2D eigenvalue weighted by molar-refractivity contribution is 0.0234. The Morgan fingerprint density at radius 3 is 2.60 bits per heavy atom. The van der Waals surface area contributed by atoms with Gasteiger partial charge < -0.3 is 19.8 Å². The van der Waals surface area contributed by atoms with Crippen LogP contribution in [0.25, 0.3) is 10.9 Å². The molecule has 0 aliphatic carbocycles. The van der Waals surface area contributed by atoms with Gasteiger partial charge in [-0.15, -0.1) is 0 Å². The van der Waals surface area contributed by atoms with E-state index in [0.29, 0.717) is 22.8 Å². The zero-order chi connectivity index (χ0) is 24.8. The van der Waals surface area contributed by atoms with E-state index in [2.05, 4.69) is 9.88 Å². The van der Waals surface area contributed by atoms with Crippen molar-refractivity contribution in [1.29, 1.82) is 0 Å². The Kier molecular flexibility index (Phi) is 8.60. The molecule has 1 aliphatic heterocycles. The Bertz CT molecular complexity index is 1120. The maximum absolute atomic E-state index is 13.1. The van der Waals surface area contributed by atoms with Gasteiger partial charge in [-0.3, -0.25) is 4.98 Å². The third-order valence-corrected chi connectivity index (χ3v) is 7.76. The molecule has 7 heteroatoms. The largest absolute Gasteiger partial charge is 0.497 e. The van der Waals surface area contributed by atoms with E-state index in [9.17, 15) is 14.6 Å². The minimum Gasteiger partial charge on any atom is -0.497 e. The number of hydrogen-bond donors (Lipinski definition) is 2. The van der Waals surface area contributed by atoms with Crippen LogP contribution in [0, 0.1) is 11.2 Å². The molecule has 1 aliphatic rings. The average Bonchev–Trinajstić information content (AvgIpc) is 2.89. The lowest BCUT2D eigenvalue weighted by Crippen LogP contribution is -2.42. The number of hydrogen-bond acceptors (Lipinski definition) is 5. The zero-order valence-corrected chi connectivity index (χ0v) is 21.0. The molecular weight excluding hydrogens is 467 g/mol. The molecule has 0 spiro atoms. The third-order valence-electron chi connectivity index (χ3n) is 7.45. The topological polar surface area (TPSA) is 65.8 Å². The highest BCUT2D eigenvalue weighted by Crippen LogP contribution is 2.40. The second-order valence-electron chi connectivity index (χ2n) is 9.69. The lowest BCUT2D eigenvalue weighted by Gasteiger charge is -2.41. The Labute approximate surface area is 211 Å². The summed E-state index contributed by atoms with van der Waals surface area (Å²) in [6.07, 6.45) is 5.81. The summed E-state index contributed by atoms with van der Waals surface area (Å²) in [5.74, 6) is 0.489. The maximum Gasteiger partial charge on any atom is 0.123 e. The van der Waals surface area contributed by atoms with Gasteiger partial charge in [0.15, 0.2) is 0 Å². The monoisotopic (exact) mass is 500 g/mol. The molecule has 5 nitrogen and oxygen atoms in total. The molecule has 1 aromatic heterocycles. The van der Waals surface area contributed by atoms with Crippen molar-refractivity contribution in [3.8, 4) is 5.75 Å². The van der Waals surface area contributed by atoms with Crippen molar-refractivity contribution in [3.05, 3.63) is 70.6 Å². The van der Waals surface area contributed by atoms with Crippen molar-refractivity contribution in [1.82, 2.24) is 9.88 Å². The molecule has 0 bridgehead atoms. The van der Waals surface area contributed by atoms with Crippen LogP contribution in [0.15, 0.2) is 48.7 Å². The molecule has 188 valence electrons. The number of nitrogens with zero attached hydrogens (tertiary/aromatic N) is 2. The summed E-state index contributed by atoms with van der Waals surface area (Å²) in [4.78, 5) is 6.81. The number of pyridine rings is 1. The normalized spacial score (nSPS) is 16.9. The minimum absolute atomic E-state index is 0.113. The van der Waals surface area contributed by atoms with E-state index >= 15 is 0 Å². The van der Waals surface area contributed by atoms with Gasteiger partial charge >= 0.3 is 0 Å². The molecule has 3 aromatic rings. The quantitative estimate of drug-likeness (QED) is 0.381. The van der Waals surface area contributed by atoms with Crippen LogP contribution >= 0.6 is 11.6 Å². The number of fused-ring (bicyclic) bond motifs is 1. The molecule has 1 saturated heterocycles. The van der Waals surface area contributed by atoms with Gasteiger partial charge in [-0.1, -0.05) is 23.7 Å². The Morgan fingerprint density at radius 1 is 1.17 bits per heavy atom. The van der Waals surface area contributed by atoms with Crippen molar-refractivity contribution in [2.75, 3.05) is 33.4 Å². The van der Waals surface area contributed by atoms with Crippen molar-refractivity contribution < 1.29 is 19.3 Å². The predicted octanol–water partition coefficient (Wildman–Crippen LogP) is 5.56. The fourth-order valence-corrected chi connectivity index (χ4v) is 5.39. The van der Waals surface area contributed by atoms with Crippen LogP contribution in [0.3, 0.4) is 0 Å². The van der Waals surface area contributed by atoms with E-state index in [-0.39, 0.29) is 17.8 Å². The molecule has 4 rings (SSSR count). The standard InChI is InChI=1S/C28H34ClFN2O3/c1-35-22-8-9-25-23(17-22)27(24(29)18-31-25)26(34)10-11-28(19-33)12-15-32(16-13-28)14-2-3-20-4-6-21(30)7-5-20/h4-9,17-18,26,33-34H,2-3,10-16,19H2,1H3/t26-/m1/s1. The van der Waals surface area contributed by atoms with Crippen LogP contribution in [0.4, 0.5) is 4.39 Å². The number of aromatic nitrogens is 1. The molecule has 2 aromatic carbocycles. The van der Waals surface area contributed by atoms with E-state index in [1.54, 1.807) is 13.3 Å². The van der Waals surface area contributed by atoms with Crippen LogP contribution < -0.4 is 4.74 Å². The highest BCUT2D eigenvalue weighted by Gasteiger charge is 2.34. The molecule has 0 unspecified atom stereocenters. The SMILES string of the molecule is COc1ccc2ncc(Cl)c([C@H](O)CCC3(CO)CCN(CCCc4ccc(F)cc4)CC3)c2c1. The average molecular weight is 501 g/mol. The molecular formula is C28H34ClFN2O3. The van der Waals surface area contributed by atoms with Crippen LogP contribution in [-0.4, -0.2) is 53.4 Å². The van der Waals surface area contributed by atoms with E-state index in [4.69, 9.17) is 16.3 Å². The first-order chi connectivity index (χ1) is 16.9. The number of benzene rings is 2. The van der Waals surface area contributed by atoms with Gasteiger partial charge in [0.05, 0.1) is 23.8 Å². The smallest absolute Gasteiger partial charge is 0.123 e. The summed E-state index contributed by atoms with van der Waals surface area (Å²) in [5.41, 5.74) is 2.39. The highest BCUT2D eigenvalue weighted by molar-refractivity contribution is 6.32. The van der Waals surface area contributed by atoms with Gasteiger partial charge in [0.1, 0.15) is 11.6 Å². The first kappa shape index (κ1) is 25.8. The number of methoxy groups -OCH3 is 1. The maximum atomic E-state index is 13.1. The van der Waals surface area contributed by atoms with Gasteiger partial charge in [-0.05, 0) is 99.5 Å². The number of ether oxygens (including phenoxy) is 1. The molecule has 35 heavy (non-hydrogen) atoms. The van der Waals surface area contributed by atoms with Crippen molar-refractivity contribution >= 4 is 22.5 Å². The number of halogens is 2. The number of aliphatic hydroxyl groups is 2. The zero-order valence-electron chi connectivity index (χ0n) is 20.2. The van der Waals surface area contributed by atoms with Crippen LogP contribution in [0.2, 0.25) is 5.02 Å². The first-order valence-electron chi connectivity index (χ1n) is 12.3. The summed E-state index contributed by atoms with van der Waals surface area (Å²) < 4.78 is 18.4. The number of aryl methyl sites for hydroxylation is 1. The van der Waals surface area contributed by atoms with Crippen molar-refractivity contribution in [2.45, 2.75) is 44.6 Å². The second-order valence-corrected chi connectivity index (χ2v) is 10.1. The molecule has 0 radical (unpaired) electrons. The van der Waals surface area contributed by atoms with Crippen molar-refractivity contribution in [3.63, 3.8) is 0 Å². The summed E-state index contributed by atoms with van der Waals surface area (Å²) >= 11 is 6.47. The molecule has 1 fully saturated rings. The Balaban J connectivity index is 1.33. The fourth-order valence-electron chi connectivity index (χ4n) is 5.12. The number of piperidine rings is 1. The number of likely N-dealkylation sites (tertiary alicyclic amines) is 1. The molecule has 2 heterocycles. The van der Waals surface area contributed by atoms with E-state index in [1.165, 1.54) is 12.1 Å². The summed E-state index contributed by atoms with van der Waals surface area (Å²) in [6, 6.07) is 12.3. The van der Waals surface area contributed by atoms with E-state index in [0.717, 1.165) is 68.2 Å². The molecule has 0 saturated carbocycles. The molecule has 1 atom stereocenters. The van der Waals surface area contributed by atoms with Crippen LogP contribution in [0.5, 0.6) is 5.75 Å². The second kappa shape index (κ2) is 11.7. The minimum atomic E-state index is -0.753. The predicted molar refractivity (Wildman–Crippen MR) is 137 cm³/mol. The Hall–Kier alpha value is -2.25. The molecule has 0 amide bonds. The number of rotatable bonds is 10. The van der Waals surface area contributed by atoms with Gasteiger partial charge in [0.2, 0.25) is 0 Å². The summed E-state index contributed by atoms with van der Waals surface area (Å²) in [5, 5.41) is 22.6. The van der Waals surface area contributed by atoms with Gasteiger partial charge in [-0.25, -0.2) is 4.39 Å². The van der Waals surface area contributed by atoms with Gasteiger partial charge in [0, 0.05) is 23.8 Å². The third kappa shape index (κ3) is 6.31. The Morgan fingerprint density at radius 2 is 1.91 bits per heavy atom. The first-order valence-corrected chi connectivity index (χ1v) is 12.7. The van der Waals surface area contributed by atoms with Gasteiger partial charge in [0.25, 0.3) is 0 Å². The summed E-state index contributed by atoms with van der Waals surface area (Å²) in [6.45, 7) is 2.95. The van der Waals surface area contributed by atoms with E-state index in [1.807, 2.05) is 30.3 Å². The van der Waals surface area contributed by atoms with Crippen molar-refractivity contribution in [2.24, 2.45) is 5.41 Å². The van der Waals surface area contributed by atoms with Crippen LogP contribution in [0.1, 0.15) is 49.3 Å². The van der Waals surface area contributed by atoms with Gasteiger partial charge in [-0.2, -0.15) is 0 Å². The lowest BCUT2D eigenvalue weighted by atomic mass is 9.74. The van der Waals surface area contributed by atoms with E-state index < -0.39 is 6.10 Å². The molecule has 2 N–H and O–H groups in total. The highest BCUT2D eigenvalue weighted by atomic mass is 35.5.